The monoisotopic (exact) mass is 445 g/mol. The number of carboxylic acid groups (broad SMARTS) is 1. The van der Waals surface area contributed by atoms with Crippen molar-refractivity contribution in [2.45, 2.75) is 6.92 Å². The van der Waals surface area contributed by atoms with Crippen LogP contribution < -0.4 is 19.9 Å². The molecule has 33 heavy (non-hydrogen) atoms. The van der Waals surface area contributed by atoms with E-state index in [0.29, 0.717) is 12.2 Å². The molecule has 0 unspecified atom stereocenters. The van der Waals surface area contributed by atoms with Gasteiger partial charge in [-0.25, -0.2) is 4.79 Å². The molecule has 0 bridgehead atoms. The summed E-state index contributed by atoms with van der Waals surface area (Å²) >= 11 is 0. The lowest BCUT2D eigenvalue weighted by molar-refractivity contribution is 0.0698. The van der Waals surface area contributed by atoms with Crippen LogP contribution in [0, 0.1) is 0 Å². The van der Waals surface area contributed by atoms with Crippen LogP contribution >= 0.6 is 0 Å². The van der Waals surface area contributed by atoms with Gasteiger partial charge in [-0.15, -0.1) is 0 Å². The van der Waals surface area contributed by atoms with Crippen molar-refractivity contribution < 1.29 is 19.4 Å². The molecule has 4 rings (SSSR count). The van der Waals surface area contributed by atoms with Crippen LogP contribution in [0.4, 0.5) is 17.1 Å². The second-order valence-electron chi connectivity index (χ2n) is 7.73. The minimum absolute atomic E-state index is 0.0703. The minimum atomic E-state index is -1.08. The van der Waals surface area contributed by atoms with Gasteiger partial charge in [-0.2, -0.15) is 0 Å². The number of carbonyl (C=O) groups is 2. The molecular weight excluding hydrogens is 418 g/mol. The van der Waals surface area contributed by atoms with Gasteiger partial charge in [0, 0.05) is 37.4 Å². The average Bonchev–Trinajstić information content (AvgIpc) is 2.85. The zero-order valence-corrected chi connectivity index (χ0v) is 18.5. The summed E-state index contributed by atoms with van der Waals surface area (Å²) < 4.78 is 5.77. The second-order valence-corrected chi connectivity index (χ2v) is 7.73. The van der Waals surface area contributed by atoms with Crippen LogP contribution in [0.1, 0.15) is 27.6 Å². The molecule has 170 valence electrons. The van der Waals surface area contributed by atoms with E-state index >= 15 is 0 Å². The van der Waals surface area contributed by atoms with Crippen LogP contribution in [0.2, 0.25) is 0 Å². The number of aromatic carboxylic acids is 1. The third kappa shape index (κ3) is 5.09. The topological polar surface area (TPSA) is 82.1 Å². The van der Waals surface area contributed by atoms with Gasteiger partial charge >= 0.3 is 5.97 Å². The van der Waals surface area contributed by atoms with Gasteiger partial charge < -0.3 is 25.0 Å². The van der Waals surface area contributed by atoms with Gasteiger partial charge in [-0.1, -0.05) is 30.3 Å². The number of piperazine rings is 1. The van der Waals surface area contributed by atoms with E-state index in [4.69, 9.17) is 4.74 Å². The zero-order valence-electron chi connectivity index (χ0n) is 18.5. The van der Waals surface area contributed by atoms with Crippen LogP contribution in [-0.2, 0) is 0 Å². The Hall–Kier alpha value is -4.00. The lowest BCUT2D eigenvalue weighted by Gasteiger charge is -2.38. The van der Waals surface area contributed by atoms with Crippen molar-refractivity contribution in [1.29, 1.82) is 0 Å². The van der Waals surface area contributed by atoms with E-state index in [2.05, 4.69) is 21.2 Å². The van der Waals surface area contributed by atoms with Crippen LogP contribution in [0.15, 0.2) is 72.8 Å². The summed E-state index contributed by atoms with van der Waals surface area (Å²) in [6.45, 7) is 5.66. The molecule has 0 atom stereocenters. The molecule has 1 aliphatic rings. The van der Waals surface area contributed by atoms with Crippen molar-refractivity contribution in [3.8, 4) is 5.75 Å². The molecule has 1 amide bonds. The molecule has 2 N–H and O–H groups in total. The number of carboxylic acids is 1. The predicted octanol–water partition coefficient (Wildman–Crippen LogP) is 4.36. The van der Waals surface area contributed by atoms with Gasteiger partial charge in [0.2, 0.25) is 0 Å². The van der Waals surface area contributed by atoms with Gasteiger partial charge in [0.25, 0.3) is 5.91 Å². The highest BCUT2D eigenvalue weighted by Gasteiger charge is 2.22. The first-order valence-corrected chi connectivity index (χ1v) is 11.0. The maximum Gasteiger partial charge on any atom is 0.337 e. The molecule has 1 saturated heterocycles. The van der Waals surface area contributed by atoms with Gasteiger partial charge in [0.1, 0.15) is 5.75 Å². The fourth-order valence-electron chi connectivity index (χ4n) is 4.00. The van der Waals surface area contributed by atoms with Crippen molar-refractivity contribution in [3.05, 3.63) is 83.9 Å². The summed E-state index contributed by atoms with van der Waals surface area (Å²) in [5.41, 5.74) is 2.72. The molecule has 0 aliphatic carbocycles. The fourth-order valence-corrected chi connectivity index (χ4v) is 4.00. The van der Waals surface area contributed by atoms with Crippen molar-refractivity contribution in [3.63, 3.8) is 0 Å². The number of amides is 1. The maximum absolute atomic E-state index is 12.5. The molecule has 0 spiro atoms. The number of carbonyl (C=O) groups excluding carboxylic acids is 1. The number of benzene rings is 3. The lowest BCUT2D eigenvalue weighted by atomic mass is 10.1. The lowest BCUT2D eigenvalue weighted by Crippen LogP contribution is -2.46. The Kier molecular flexibility index (Phi) is 6.78. The Morgan fingerprint density at radius 1 is 0.909 bits per heavy atom. The molecule has 1 heterocycles. The third-order valence-corrected chi connectivity index (χ3v) is 5.67. The van der Waals surface area contributed by atoms with Gasteiger partial charge in [0.15, 0.2) is 0 Å². The molecule has 0 saturated carbocycles. The van der Waals surface area contributed by atoms with Crippen LogP contribution in [0.25, 0.3) is 0 Å². The first-order chi connectivity index (χ1) is 16.1. The molecule has 1 fully saturated rings. The minimum Gasteiger partial charge on any atom is -0.492 e. The zero-order chi connectivity index (χ0) is 23.2. The standard InChI is InChI=1S/C26H27N3O4/c1-2-33-24-11-7-6-10-23(24)29-16-14-28(15-17-29)20-12-13-22(21(18-20)26(31)32)27-25(30)19-8-4-3-5-9-19/h3-13,18H,2,14-17H2,1H3,(H,27,30)(H,31,32). The predicted molar refractivity (Wildman–Crippen MR) is 130 cm³/mol. The molecule has 7 nitrogen and oxygen atoms in total. The van der Waals surface area contributed by atoms with Gasteiger partial charge in [-0.3, -0.25) is 4.79 Å². The molecule has 3 aromatic carbocycles. The number of nitrogens with zero attached hydrogens (tertiary/aromatic N) is 2. The number of para-hydroxylation sites is 2. The first kappa shape index (κ1) is 22.2. The number of nitrogens with one attached hydrogen (secondary N) is 1. The van der Waals surface area contributed by atoms with Gasteiger partial charge in [-0.05, 0) is 49.4 Å². The van der Waals surface area contributed by atoms with Crippen molar-refractivity contribution in [2.75, 3.05) is 47.9 Å². The highest BCUT2D eigenvalue weighted by Crippen LogP contribution is 2.30. The summed E-state index contributed by atoms with van der Waals surface area (Å²) in [5, 5.41) is 12.5. The Balaban J connectivity index is 1.47. The Bertz CT molecular complexity index is 1130. The van der Waals surface area contributed by atoms with Gasteiger partial charge in [0.05, 0.1) is 23.5 Å². The van der Waals surface area contributed by atoms with Crippen molar-refractivity contribution >= 4 is 28.9 Å². The molecule has 1 aliphatic heterocycles. The summed E-state index contributed by atoms with van der Waals surface area (Å²) in [7, 11) is 0. The third-order valence-electron chi connectivity index (χ3n) is 5.67. The Morgan fingerprint density at radius 3 is 2.27 bits per heavy atom. The highest BCUT2D eigenvalue weighted by molar-refractivity contribution is 6.08. The maximum atomic E-state index is 12.5. The number of rotatable bonds is 7. The molecule has 0 aromatic heterocycles. The Labute approximate surface area is 193 Å². The average molecular weight is 446 g/mol. The highest BCUT2D eigenvalue weighted by atomic mass is 16.5. The van der Waals surface area contributed by atoms with Crippen LogP contribution in [-0.4, -0.2) is 49.8 Å². The first-order valence-electron chi connectivity index (χ1n) is 11.0. The number of ether oxygens (including phenoxy) is 1. The largest absolute Gasteiger partial charge is 0.492 e. The molecule has 7 heteroatoms. The number of hydrogen-bond donors (Lipinski definition) is 2. The second kappa shape index (κ2) is 10.1. The quantitative estimate of drug-likeness (QED) is 0.562. The van der Waals surface area contributed by atoms with E-state index in [1.54, 1.807) is 36.4 Å². The van der Waals surface area contributed by atoms with E-state index in [0.717, 1.165) is 43.3 Å². The molecular formula is C26H27N3O4. The molecule has 0 radical (unpaired) electrons. The smallest absolute Gasteiger partial charge is 0.337 e. The normalized spacial score (nSPS) is 13.5. The Morgan fingerprint density at radius 2 is 1.58 bits per heavy atom. The van der Waals surface area contributed by atoms with E-state index in [9.17, 15) is 14.7 Å². The number of anilines is 3. The van der Waals surface area contributed by atoms with Crippen molar-refractivity contribution in [2.24, 2.45) is 0 Å². The van der Waals surface area contributed by atoms with E-state index in [-0.39, 0.29) is 17.2 Å². The fraction of sp³-hybridized carbons (Fsp3) is 0.231. The van der Waals surface area contributed by atoms with E-state index in [1.807, 2.05) is 37.3 Å². The van der Waals surface area contributed by atoms with Crippen molar-refractivity contribution in [1.82, 2.24) is 0 Å². The summed E-state index contributed by atoms with van der Waals surface area (Å²) in [6, 6.07) is 21.9. The van der Waals surface area contributed by atoms with E-state index in [1.165, 1.54) is 0 Å². The summed E-state index contributed by atoms with van der Waals surface area (Å²) in [4.78, 5) is 28.9. The van der Waals surface area contributed by atoms with E-state index < -0.39 is 5.97 Å². The van der Waals surface area contributed by atoms with Crippen LogP contribution in [0.3, 0.4) is 0 Å². The SMILES string of the molecule is CCOc1ccccc1N1CCN(c2ccc(NC(=O)c3ccccc3)c(C(=O)O)c2)CC1. The number of hydrogen-bond acceptors (Lipinski definition) is 5. The summed E-state index contributed by atoms with van der Waals surface area (Å²) in [5.74, 6) is -0.544. The molecule has 3 aromatic rings. The van der Waals surface area contributed by atoms with Crippen LogP contribution in [0.5, 0.6) is 5.75 Å². The summed E-state index contributed by atoms with van der Waals surface area (Å²) in [6.07, 6.45) is 0.